The number of aliphatic hydroxyl groups is 1. The summed E-state index contributed by atoms with van der Waals surface area (Å²) in [5.74, 6) is -0.375. The second-order valence-corrected chi connectivity index (χ2v) is 5.51. The number of halogens is 1. The number of carbonyl (C=O) groups excluding carboxylic acids is 1. The summed E-state index contributed by atoms with van der Waals surface area (Å²) in [6.45, 7) is 4.79. The van der Waals surface area contributed by atoms with Crippen LogP contribution in [0, 0.1) is 0 Å². The van der Waals surface area contributed by atoms with E-state index in [1.165, 1.54) is 6.92 Å². The van der Waals surface area contributed by atoms with E-state index in [2.05, 4.69) is 10.2 Å². The molecule has 0 aromatic heterocycles. The molecule has 2 rings (SSSR count). The van der Waals surface area contributed by atoms with Gasteiger partial charge in [-0.2, -0.15) is 0 Å². The molecule has 21 heavy (non-hydrogen) atoms. The first-order valence-corrected chi connectivity index (χ1v) is 7.49. The first-order chi connectivity index (χ1) is 10.1. The standard InChI is InChI=1S/C15H21ClN2O3/c1-11(19)15(20)17-10-14(18-6-8-21-9-7-18)12-4-2-3-5-13(12)16/h2-5,11,14,19H,6-10H2,1H3,(H,17,20). The quantitative estimate of drug-likeness (QED) is 0.858. The number of nitrogens with one attached hydrogen (secondary N) is 1. The molecular weight excluding hydrogens is 292 g/mol. The van der Waals surface area contributed by atoms with Crippen molar-refractivity contribution in [3.63, 3.8) is 0 Å². The van der Waals surface area contributed by atoms with Crippen molar-refractivity contribution >= 4 is 17.5 Å². The van der Waals surface area contributed by atoms with Gasteiger partial charge in [-0.3, -0.25) is 9.69 Å². The Kier molecular flexibility index (Phi) is 5.99. The van der Waals surface area contributed by atoms with E-state index in [4.69, 9.17) is 16.3 Å². The number of aliphatic hydroxyl groups excluding tert-OH is 1. The van der Waals surface area contributed by atoms with Crippen LogP contribution < -0.4 is 5.32 Å². The molecule has 0 bridgehead atoms. The topological polar surface area (TPSA) is 61.8 Å². The zero-order valence-electron chi connectivity index (χ0n) is 12.1. The molecule has 0 aliphatic carbocycles. The summed E-state index contributed by atoms with van der Waals surface area (Å²) in [4.78, 5) is 13.9. The highest BCUT2D eigenvalue weighted by Crippen LogP contribution is 2.27. The summed E-state index contributed by atoms with van der Waals surface area (Å²) in [5, 5.41) is 12.8. The van der Waals surface area contributed by atoms with Gasteiger partial charge in [-0.25, -0.2) is 0 Å². The molecule has 1 heterocycles. The Bertz CT molecular complexity index is 476. The zero-order chi connectivity index (χ0) is 15.2. The number of amides is 1. The molecule has 116 valence electrons. The van der Waals surface area contributed by atoms with Crippen LogP contribution in [0.2, 0.25) is 5.02 Å². The predicted octanol–water partition coefficient (Wildman–Crippen LogP) is 1.21. The number of benzene rings is 1. The van der Waals surface area contributed by atoms with Gasteiger partial charge in [-0.15, -0.1) is 0 Å². The normalized spacial score (nSPS) is 19.0. The van der Waals surface area contributed by atoms with Gasteiger partial charge in [0.2, 0.25) is 5.91 Å². The molecule has 2 atom stereocenters. The van der Waals surface area contributed by atoms with Crippen LogP contribution in [0.15, 0.2) is 24.3 Å². The lowest BCUT2D eigenvalue weighted by Gasteiger charge is -2.35. The van der Waals surface area contributed by atoms with Gasteiger partial charge in [0, 0.05) is 24.7 Å². The lowest BCUT2D eigenvalue weighted by atomic mass is 10.0. The first kappa shape index (κ1) is 16.2. The maximum atomic E-state index is 11.6. The zero-order valence-corrected chi connectivity index (χ0v) is 12.8. The van der Waals surface area contributed by atoms with Gasteiger partial charge >= 0.3 is 0 Å². The van der Waals surface area contributed by atoms with E-state index >= 15 is 0 Å². The summed E-state index contributed by atoms with van der Waals surface area (Å²) in [6.07, 6.45) is -1.01. The third kappa shape index (κ3) is 4.41. The minimum absolute atomic E-state index is 0.0229. The number of morpholine rings is 1. The van der Waals surface area contributed by atoms with Crippen molar-refractivity contribution in [2.45, 2.75) is 19.1 Å². The molecule has 2 N–H and O–H groups in total. The average Bonchev–Trinajstić information content (AvgIpc) is 2.50. The monoisotopic (exact) mass is 312 g/mol. The van der Waals surface area contributed by atoms with E-state index in [0.29, 0.717) is 24.8 Å². The third-order valence-corrected chi connectivity index (χ3v) is 3.94. The van der Waals surface area contributed by atoms with Crippen LogP contribution in [-0.4, -0.2) is 54.9 Å². The van der Waals surface area contributed by atoms with Gasteiger partial charge in [0.05, 0.1) is 19.3 Å². The van der Waals surface area contributed by atoms with Crippen LogP contribution in [0.1, 0.15) is 18.5 Å². The van der Waals surface area contributed by atoms with Crippen molar-refractivity contribution in [2.24, 2.45) is 0 Å². The molecule has 0 saturated carbocycles. The van der Waals surface area contributed by atoms with Crippen LogP contribution >= 0.6 is 11.6 Å². The van der Waals surface area contributed by atoms with Crippen molar-refractivity contribution in [3.8, 4) is 0 Å². The number of hydrogen-bond acceptors (Lipinski definition) is 4. The van der Waals surface area contributed by atoms with Gasteiger partial charge in [0.1, 0.15) is 6.10 Å². The van der Waals surface area contributed by atoms with E-state index in [9.17, 15) is 9.90 Å². The van der Waals surface area contributed by atoms with Gasteiger partial charge in [-0.1, -0.05) is 29.8 Å². The van der Waals surface area contributed by atoms with Gasteiger partial charge in [-0.05, 0) is 18.6 Å². The highest BCUT2D eigenvalue weighted by atomic mass is 35.5. The van der Waals surface area contributed by atoms with Crippen molar-refractivity contribution in [3.05, 3.63) is 34.9 Å². The molecule has 1 fully saturated rings. The SMILES string of the molecule is CC(O)C(=O)NCC(c1ccccc1Cl)N1CCOCC1. The maximum absolute atomic E-state index is 11.6. The highest BCUT2D eigenvalue weighted by Gasteiger charge is 2.25. The summed E-state index contributed by atoms with van der Waals surface area (Å²) in [5.41, 5.74) is 0.979. The molecule has 1 aromatic rings. The average molecular weight is 313 g/mol. The lowest BCUT2D eigenvalue weighted by Crippen LogP contribution is -2.45. The summed E-state index contributed by atoms with van der Waals surface area (Å²) in [6, 6.07) is 7.62. The summed E-state index contributed by atoms with van der Waals surface area (Å²) < 4.78 is 5.38. The molecule has 1 saturated heterocycles. The van der Waals surface area contributed by atoms with Crippen molar-refractivity contribution in [1.29, 1.82) is 0 Å². The fraction of sp³-hybridized carbons (Fsp3) is 0.533. The molecule has 1 aromatic carbocycles. The Labute approximate surface area is 129 Å². The second kappa shape index (κ2) is 7.75. The number of rotatable bonds is 5. The van der Waals surface area contributed by atoms with Crippen LogP contribution in [0.25, 0.3) is 0 Å². The van der Waals surface area contributed by atoms with Crippen molar-refractivity contribution in [2.75, 3.05) is 32.8 Å². The number of carbonyl (C=O) groups is 1. The molecule has 1 amide bonds. The lowest BCUT2D eigenvalue weighted by molar-refractivity contribution is -0.128. The number of ether oxygens (including phenoxy) is 1. The van der Waals surface area contributed by atoms with Gasteiger partial charge in [0.15, 0.2) is 0 Å². The molecular formula is C15H21ClN2O3. The Morgan fingerprint density at radius 1 is 1.43 bits per heavy atom. The first-order valence-electron chi connectivity index (χ1n) is 7.11. The fourth-order valence-electron chi connectivity index (χ4n) is 2.42. The Morgan fingerprint density at radius 2 is 2.10 bits per heavy atom. The molecule has 6 heteroatoms. The maximum Gasteiger partial charge on any atom is 0.248 e. The van der Waals surface area contributed by atoms with Crippen LogP contribution in [0.3, 0.4) is 0 Å². The largest absolute Gasteiger partial charge is 0.384 e. The van der Waals surface area contributed by atoms with Gasteiger partial charge < -0.3 is 15.2 Å². The Hall–Kier alpha value is -1.14. The van der Waals surface area contributed by atoms with E-state index < -0.39 is 6.10 Å². The van der Waals surface area contributed by atoms with Crippen LogP contribution in [-0.2, 0) is 9.53 Å². The molecule has 0 radical (unpaired) electrons. The minimum atomic E-state index is -1.01. The highest BCUT2D eigenvalue weighted by molar-refractivity contribution is 6.31. The summed E-state index contributed by atoms with van der Waals surface area (Å²) in [7, 11) is 0. The fourth-order valence-corrected chi connectivity index (χ4v) is 2.68. The second-order valence-electron chi connectivity index (χ2n) is 5.11. The molecule has 1 aliphatic rings. The Morgan fingerprint density at radius 3 is 2.71 bits per heavy atom. The van der Waals surface area contributed by atoms with E-state index in [-0.39, 0.29) is 11.9 Å². The predicted molar refractivity (Wildman–Crippen MR) is 81.3 cm³/mol. The third-order valence-electron chi connectivity index (χ3n) is 3.60. The van der Waals surface area contributed by atoms with Crippen LogP contribution in [0.5, 0.6) is 0 Å². The molecule has 0 spiro atoms. The van der Waals surface area contributed by atoms with E-state index in [0.717, 1.165) is 18.7 Å². The number of hydrogen-bond donors (Lipinski definition) is 2. The Balaban J connectivity index is 2.14. The van der Waals surface area contributed by atoms with E-state index in [1.807, 2.05) is 24.3 Å². The minimum Gasteiger partial charge on any atom is -0.384 e. The molecule has 5 nitrogen and oxygen atoms in total. The number of nitrogens with zero attached hydrogens (tertiary/aromatic N) is 1. The van der Waals surface area contributed by atoms with Crippen molar-refractivity contribution in [1.82, 2.24) is 10.2 Å². The molecule has 1 aliphatic heterocycles. The molecule has 2 unspecified atom stereocenters. The smallest absolute Gasteiger partial charge is 0.248 e. The van der Waals surface area contributed by atoms with Crippen molar-refractivity contribution < 1.29 is 14.6 Å². The van der Waals surface area contributed by atoms with Gasteiger partial charge in [0.25, 0.3) is 0 Å². The van der Waals surface area contributed by atoms with Crippen LogP contribution in [0.4, 0.5) is 0 Å². The summed E-state index contributed by atoms with van der Waals surface area (Å²) >= 11 is 6.30. The van der Waals surface area contributed by atoms with E-state index in [1.54, 1.807) is 0 Å².